The molecule has 0 radical (unpaired) electrons. The molecule has 0 N–H and O–H groups in total. The van der Waals surface area contributed by atoms with Gasteiger partial charge in [-0.15, -0.1) is 0 Å². The SMILES string of the molecule is COc1cccc(C(=O)COCc2ccccc2)c1. The van der Waals surface area contributed by atoms with E-state index >= 15 is 0 Å². The Morgan fingerprint density at radius 3 is 2.58 bits per heavy atom. The van der Waals surface area contributed by atoms with Crippen LogP contribution in [0.5, 0.6) is 5.75 Å². The molecule has 0 aliphatic heterocycles. The highest BCUT2D eigenvalue weighted by Gasteiger charge is 2.07. The van der Waals surface area contributed by atoms with Crippen LogP contribution in [0.3, 0.4) is 0 Å². The molecule has 2 rings (SSSR count). The van der Waals surface area contributed by atoms with Crippen LogP contribution in [0.1, 0.15) is 15.9 Å². The molecule has 2 aromatic carbocycles. The fourth-order valence-electron chi connectivity index (χ4n) is 1.72. The number of hydrogen-bond donors (Lipinski definition) is 0. The number of methoxy groups -OCH3 is 1. The highest BCUT2D eigenvalue weighted by Crippen LogP contribution is 2.13. The third-order valence-electron chi connectivity index (χ3n) is 2.74. The average molecular weight is 256 g/mol. The zero-order valence-corrected chi connectivity index (χ0v) is 10.8. The van der Waals surface area contributed by atoms with E-state index < -0.39 is 0 Å². The summed E-state index contributed by atoms with van der Waals surface area (Å²) in [5, 5.41) is 0. The molecule has 3 nitrogen and oxygen atoms in total. The predicted molar refractivity (Wildman–Crippen MR) is 73.4 cm³/mol. The Labute approximate surface area is 112 Å². The molecule has 0 aromatic heterocycles. The Bertz CT molecular complexity index is 535. The first-order valence-corrected chi connectivity index (χ1v) is 6.08. The van der Waals surface area contributed by atoms with Crippen molar-refractivity contribution in [3.05, 3.63) is 65.7 Å². The number of ketones is 1. The molecule has 2 aromatic rings. The fourth-order valence-corrected chi connectivity index (χ4v) is 1.72. The third-order valence-corrected chi connectivity index (χ3v) is 2.74. The molecule has 0 saturated heterocycles. The topological polar surface area (TPSA) is 35.5 Å². The Morgan fingerprint density at radius 1 is 1.05 bits per heavy atom. The van der Waals surface area contributed by atoms with E-state index in [4.69, 9.17) is 9.47 Å². The van der Waals surface area contributed by atoms with Gasteiger partial charge in [0.25, 0.3) is 0 Å². The van der Waals surface area contributed by atoms with E-state index in [2.05, 4.69) is 0 Å². The predicted octanol–water partition coefficient (Wildman–Crippen LogP) is 3.09. The van der Waals surface area contributed by atoms with Crippen LogP contribution in [0.2, 0.25) is 0 Å². The van der Waals surface area contributed by atoms with Crippen LogP contribution < -0.4 is 4.74 Å². The summed E-state index contributed by atoms with van der Waals surface area (Å²) in [4.78, 5) is 11.9. The highest BCUT2D eigenvalue weighted by molar-refractivity contribution is 5.97. The molecule has 0 aliphatic carbocycles. The number of rotatable bonds is 6. The Kier molecular flexibility index (Phi) is 4.70. The number of carbonyl (C=O) groups excluding carboxylic acids is 1. The summed E-state index contributed by atoms with van der Waals surface area (Å²) in [6.07, 6.45) is 0. The summed E-state index contributed by atoms with van der Waals surface area (Å²) < 4.78 is 10.5. The number of hydrogen-bond acceptors (Lipinski definition) is 3. The first kappa shape index (κ1) is 13.3. The van der Waals surface area contributed by atoms with Gasteiger partial charge in [-0.1, -0.05) is 42.5 Å². The lowest BCUT2D eigenvalue weighted by molar-refractivity contribution is 0.0726. The van der Waals surface area contributed by atoms with Crippen LogP contribution in [0.25, 0.3) is 0 Å². The largest absolute Gasteiger partial charge is 0.497 e. The summed E-state index contributed by atoms with van der Waals surface area (Å²) >= 11 is 0. The van der Waals surface area contributed by atoms with Crippen molar-refractivity contribution in [3.63, 3.8) is 0 Å². The van der Waals surface area contributed by atoms with Crippen LogP contribution in [-0.4, -0.2) is 19.5 Å². The van der Waals surface area contributed by atoms with Crippen molar-refractivity contribution >= 4 is 5.78 Å². The van der Waals surface area contributed by atoms with Gasteiger partial charge in [0.15, 0.2) is 5.78 Å². The second-order valence-corrected chi connectivity index (χ2v) is 4.13. The number of carbonyl (C=O) groups is 1. The first-order chi connectivity index (χ1) is 9.29. The van der Waals surface area contributed by atoms with Gasteiger partial charge in [0.2, 0.25) is 0 Å². The minimum atomic E-state index is -0.0465. The second-order valence-electron chi connectivity index (χ2n) is 4.13. The number of Topliss-reactive ketones (excluding diaryl/α,β-unsaturated/α-hetero) is 1. The molecule has 0 saturated carbocycles. The third kappa shape index (κ3) is 3.93. The molecular formula is C16H16O3. The minimum absolute atomic E-state index is 0.0465. The lowest BCUT2D eigenvalue weighted by Crippen LogP contribution is -2.09. The summed E-state index contributed by atoms with van der Waals surface area (Å²) in [6, 6.07) is 16.9. The molecule has 0 aliphatic rings. The average Bonchev–Trinajstić information content (AvgIpc) is 2.48. The van der Waals surface area contributed by atoms with Crippen molar-refractivity contribution in [2.24, 2.45) is 0 Å². The normalized spacial score (nSPS) is 10.2. The van der Waals surface area contributed by atoms with Gasteiger partial charge in [-0.25, -0.2) is 0 Å². The van der Waals surface area contributed by atoms with Crippen molar-refractivity contribution < 1.29 is 14.3 Å². The van der Waals surface area contributed by atoms with Gasteiger partial charge in [0.1, 0.15) is 12.4 Å². The Morgan fingerprint density at radius 2 is 1.84 bits per heavy atom. The maximum absolute atomic E-state index is 11.9. The molecule has 0 unspecified atom stereocenters. The van der Waals surface area contributed by atoms with Gasteiger partial charge in [-0.2, -0.15) is 0 Å². The summed E-state index contributed by atoms with van der Waals surface area (Å²) in [5.74, 6) is 0.628. The van der Waals surface area contributed by atoms with Gasteiger partial charge in [0, 0.05) is 5.56 Å². The van der Waals surface area contributed by atoms with Crippen LogP contribution in [0.15, 0.2) is 54.6 Å². The summed E-state index contributed by atoms with van der Waals surface area (Å²) in [7, 11) is 1.58. The standard InChI is InChI=1S/C16H16O3/c1-18-15-9-5-8-14(10-15)16(17)12-19-11-13-6-3-2-4-7-13/h2-10H,11-12H2,1H3. The quantitative estimate of drug-likeness (QED) is 0.745. The zero-order chi connectivity index (χ0) is 13.5. The van der Waals surface area contributed by atoms with Gasteiger partial charge in [0.05, 0.1) is 13.7 Å². The van der Waals surface area contributed by atoms with Crippen molar-refractivity contribution in [1.82, 2.24) is 0 Å². The van der Waals surface area contributed by atoms with E-state index in [-0.39, 0.29) is 12.4 Å². The van der Waals surface area contributed by atoms with E-state index in [0.29, 0.717) is 17.9 Å². The monoisotopic (exact) mass is 256 g/mol. The van der Waals surface area contributed by atoms with Gasteiger partial charge < -0.3 is 9.47 Å². The molecule has 0 spiro atoms. The van der Waals surface area contributed by atoms with E-state index in [1.54, 1.807) is 25.3 Å². The van der Waals surface area contributed by atoms with Crippen LogP contribution in [-0.2, 0) is 11.3 Å². The van der Waals surface area contributed by atoms with Crippen molar-refractivity contribution in [2.45, 2.75) is 6.61 Å². The van der Waals surface area contributed by atoms with E-state index in [1.165, 1.54) is 0 Å². The van der Waals surface area contributed by atoms with Gasteiger partial charge in [-0.05, 0) is 17.7 Å². The number of benzene rings is 2. The van der Waals surface area contributed by atoms with Crippen molar-refractivity contribution in [3.8, 4) is 5.75 Å². The molecular weight excluding hydrogens is 240 g/mol. The Hall–Kier alpha value is -2.13. The molecule has 0 amide bonds. The van der Waals surface area contributed by atoms with Crippen molar-refractivity contribution in [2.75, 3.05) is 13.7 Å². The minimum Gasteiger partial charge on any atom is -0.497 e. The van der Waals surface area contributed by atoms with Gasteiger partial charge >= 0.3 is 0 Å². The second kappa shape index (κ2) is 6.71. The van der Waals surface area contributed by atoms with E-state index in [9.17, 15) is 4.79 Å². The molecule has 0 fully saturated rings. The molecule has 98 valence electrons. The first-order valence-electron chi connectivity index (χ1n) is 6.08. The highest BCUT2D eigenvalue weighted by atomic mass is 16.5. The van der Waals surface area contributed by atoms with E-state index in [0.717, 1.165) is 5.56 Å². The molecule has 0 atom stereocenters. The zero-order valence-electron chi connectivity index (χ0n) is 10.8. The summed E-state index contributed by atoms with van der Waals surface area (Å²) in [6.45, 7) is 0.513. The summed E-state index contributed by atoms with van der Waals surface area (Å²) in [5.41, 5.74) is 1.66. The molecule has 3 heteroatoms. The van der Waals surface area contributed by atoms with Crippen LogP contribution in [0.4, 0.5) is 0 Å². The lowest BCUT2D eigenvalue weighted by atomic mass is 10.1. The number of ether oxygens (including phenoxy) is 2. The lowest BCUT2D eigenvalue weighted by Gasteiger charge is -2.05. The van der Waals surface area contributed by atoms with Crippen LogP contribution in [0, 0.1) is 0 Å². The van der Waals surface area contributed by atoms with Gasteiger partial charge in [-0.3, -0.25) is 4.79 Å². The van der Waals surface area contributed by atoms with E-state index in [1.807, 2.05) is 36.4 Å². The fraction of sp³-hybridized carbons (Fsp3) is 0.188. The Balaban J connectivity index is 1.87. The van der Waals surface area contributed by atoms with Crippen molar-refractivity contribution in [1.29, 1.82) is 0 Å². The maximum atomic E-state index is 11.9. The molecule has 0 bridgehead atoms. The molecule has 0 heterocycles. The molecule has 19 heavy (non-hydrogen) atoms. The maximum Gasteiger partial charge on any atom is 0.188 e. The van der Waals surface area contributed by atoms with Crippen LogP contribution >= 0.6 is 0 Å². The smallest absolute Gasteiger partial charge is 0.188 e.